The number of carbonyl (C=O) groups excluding carboxylic acids is 1. The summed E-state index contributed by atoms with van der Waals surface area (Å²) in [6, 6.07) is 7.18. The average molecular weight is 266 g/mol. The Bertz CT molecular complexity index is 450. The molecule has 2 rings (SSSR count). The summed E-state index contributed by atoms with van der Waals surface area (Å²) in [4.78, 5) is 12.6. The molecule has 18 heavy (non-hydrogen) atoms. The molecule has 1 aromatic carbocycles. The number of ether oxygens (including phenoxy) is 1. The number of carbonyl (C=O) groups is 1. The van der Waals surface area contributed by atoms with Crippen molar-refractivity contribution in [3.8, 4) is 5.75 Å². The van der Waals surface area contributed by atoms with Crippen LogP contribution in [0.4, 0.5) is 0 Å². The molecule has 1 atom stereocenters. The highest BCUT2D eigenvalue weighted by Crippen LogP contribution is 2.27. The maximum atomic E-state index is 12.2. The maximum absolute atomic E-state index is 12.2. The standard InChI is InChI=1S/C14H18O3S/c1-17-13-8-4-5-9-14(13)18(16)10-12(15)11-6-2-3-7-11/h4-5,8-9,11H,2-3,6-7,10H2,1H3. The molecule has 0 saturated heterocycles. The van der Waals surface area contributed by atoms with E-state index in [1.807, 2.05) is 12.1 Å². The first-order chi connectivity index (χ1) is 8.72. The summed E-state index contributed by atoms with van der Waals surface area (Å²) < 4.78 is 17.4. The molecular formula is C14H18O3S. The van der Waals surface area contributed by atoms with Gasteiger partial charge in [0.05, 0.1) is 28.6 Å². The quantitative estimate of drug-likeness (QED) is 0.822. The van der Waals surface area contributed by atoms with Crippen LogP contribution in [0.25, 0.3) is 0 Å². The number of rotatable bonds is 5. The van der Waals surface area contributed by atoms with Gasteiger partial charge in [0.25, 0.3) is 0 Å². The second-order valence-corrected chi connectivity index (χ2v) is 6.01. The number of methoxy groups -OCH3 is 1. The zero-order chi connectivity index (χ0) is 13.0. The zero-order valence-corrected chi connectivity index (χ0v) is 11.4. The van der Waals surface area contributed by atoms with Gasteiger partial charge in [0, 0.05) is 5.92 Å². The van der Waals surface area contributed by atoms with Crippen LogP contribution in [0.15, 0.2) is 29.2 Å². The van der Waals surface area contributed by atoms with E-state index >= 15 is 0 Å². The molecule has 0 spiro atoms. The second-order valence-electron chi connectivity index (χ2n) is 4.59. The van der Waals surface area contributed by atoms with E-state index < -0.39 is 10.8 Å². The SMILES string of the molecule is COc1ccccc1S(=O)CC(=O)C1CCCC1. The van der Waals surface area contributed by atoms with Crippen molar-refractivity contribution < 1.29 is 13.7 Å². The fourth-order valence-corrected chi connectivity index (χ4v) is 3.64. The molecule has 1 unspecified atom stereocenters. The van der Waals surface area contributed by atoms with Gasteiger partial charge in [0.1, 0.15) is 11.5 Å². The number of hydrogen-bond donors (Lipinski definition) is 0. The van der Waals surface area contributed by atoms with Crippen LogP contribution < -0.4 is 4.74 Å². The first-order valence-electron chi connectivity index (χ1n) is 6.26. The second kappa shape index (κ2) is 6.14. The summed E-state index contributed by atoms with van der Waals surface area (Å²) in [6.07, 6.45) is 4.17. The Hall–Kier alpha value is -1.16. The van der Waals surface area contributed by atoms with Gasteiger partial charge in [-0.05, 0) is 25.0 Å². The Morgan fingerprint density at radius 1 is 1.33 bits per heavy atom. The van der Waals surface area contributed by atoms with E-state index in [0.29, 0.717) is 10.6 Å². The van der Waals surface area contributed by atoms with Crippen molar-refractivity contribution in [2.24, 2.45) is 5.92 Å². The third kappa shape index (κ3) is 2.99. The van der Waals surface area contributed by atoms with Crippen molar-refractivity contribution in [1.29, 1.82) is 0 Å². The molecule has 0 heterocycles. The fourth-order valence-electron chi connectivity index (χ4n) is 2.38. The molecule has 1 aliphatic carbocycles. The minimum absolute atomic E-state index is 0.116. The van der Waals surface area contributed by atoms with Gasteiger partial charge in [0.15, 0.2) is 0 Å². The molecule has 3 nitrogen and oxygen atoms in total. The van der Waals surface area contributed by atoms with E-state index in [1.165, 1.54) is 0 Å². The van der Waals surface area contributed by atoms with Crippen molar-refractivity contribution in [2.45, 2.75) is 30.6 Å². The van der Waals surface area contributed by atoms with E-state index in [4.69, 9.17) is 4.74 Å². The van der Waals surface area contributed by atoms with Crippen LogP contribution >= 0.6 is 0 Å². The predicted molar refractivity (Wildman–Crippen MR) is 71.2 cm³/mol. The monoisotopic (exact) mass is 266 g/mol. The lowest BCUT2D eigenvalue weighted by atomic mass is 10.0. The fraction of sp³-hybridized carbons (Fsp3) is 0.500. The van der Waals surface area contributed by atoms with Crippen LogP contribution in [0, 0.1) is 5.92 Å². The highest BCUT2D eigenvalue weighted by atomic mass is 32.2. The highest BCUT2D eigenvalue weighted by molar-refractivity contribution is 7.85. The molecule has 98 valence electrons. The largest absolute Gasteiger partial charge is 0.495 e. The van der Waals surface area contributed by atoms with E-state index in [0.717, 1.165) is 25.7 Å². The molecule has 0 bridgehead atoms. The Kier molecular flexibility index (Phi) is 4.53. The van der Waals surface area contributed by atoms with E-state index in [1.54, 1.807) is 19.2 Å². The molecule has 0 amide bonds. The van der Waals surface area contributed by atoms with E-state index in [2.05, 4.69) is 0 Å². The number of para-hydroxylation sites is 1. The summed E-state index contributed by atoms with van der Waals surface area (Å²) in [5.41, 5.74) is 0. The van der Waals surface area contributed by atoms with E-state index in [-0.39, 0.29) is 17.5 Å². The van der Waals surface area contributed by atoms with Crippen LogP contribution in [-0.4, -0.2) is 22.9 Å². The lowest BCUT2D eigenvalue weighted by Gasteiger charge is -2.10. The summed E-state index contributed by atoms with van der Waals surface area (Å²) in [5, 5.41) is 0. The van der Waals surface area contributed by atoms with Gasteiger partial charge in [-0.1, -0.05) is 25.0 Å². The molecule has 0 radical (unpaired) electrons. The molecule has 1 saturated carbocycles. The Morgan fingerprint density at radius 2 is 2.00 bits per heavy atom. The van der Waals surface area contributed by atoms with Gasteiger partial charge in [-0.15, -0.1) is 0 Å². The lowest BCUT2D eigenvalue weighted by Crippen LogP contribution is -2.18. The molecule has 0 aromatic heterocycles. The summed E-state index contributed by atoms with van der Waals surface area (Å²) in [5.74, 6) is 0.973. The molecule has 1 aliphatic rings. The first-order valence-corrected chi connectivity index (χ1v) is 7.58. The van der Waals surface area contributed by atoms with Crippen LogP contribution in [0.2, 0.25) is 0 Å². The molecule has 4 heteroatoms. The summed E-state index contributed by atoms with van der Waals surface area (Å²) in [6.45, 7) is 0. The van der Waals surface area contributed by atoms with Gasteiger partial charge in [0.2, 0.25) is 0 Å². The van der Waals surface area contributed by atoms with Gasteiger partial charge < -0.3 is 4.74 Å². The van der Waals surface area contributed by atoms with Crippen LogP contribution in [0.1, 0.15) is 25.7 Å². The first kappa shape index (κ1) is 13.3. The minimum Gasteiger partial charge on any atom is -0.495 e. The number of benzene rings is 1. The summed E-state index contributed by atoms with van der Waals surface area (Å²) >= 11 is 0. The molecule has 0 aliphatic heterocycles. The minimum atomic E-state index is -1.30. The third-order valence-electron chi connectivity index (χ3n) is 3.40. The molecule has 1 fully saturated rings. The average Bonchev–Trinajstić information content (AvgIpc) is 2.92. The topological polar surface area (TPSA) is 43.4 Å². The maximum Gasteiger partial charge on any atom is 0.148 e. The van der Waals surface area contributed by atoms with Gasteiger partial charge >= 0.3 is 0 Å². The Labute approximate surface area is 110 Å². The third-order valence-corrected chi connectivity index (χ3v) is 4.77. The Balaban J connectivity index is 2.05. The normalized spacial score (nSPS) is 17.6. The van der Waals surface area contributed by atoms with Crippen molar-refractivity contribution in [2.75, 3.05) is 12.9 Å². The van der Waals surface area contributed by atoms with Gasteiger partial charge in [-0.2, -0.15) is 0 Å². The van der Waals surface area contributed by atoms with Crippen molar-refractivity contribution in [3.63, 3.8) is 0 Å². The smallest absolute Gasteiger partial charge is 0.148 e. The Morgan fingerprint density at radius 3 is 2.67 bits per heavy atom. The highest BCUT2D eigenvalue weighted by Gasteiger charge is 2.25. The molecule has 1 aromatic rings. The van der Waals surface area contributed by atoms with Crippen LogP contribution in [0.3, 0.4) is 0 Å². The summed E-state index contributed by atoms with van der Waals surface area (Å²) in [7, 11) is 0.255. The molecule has 0 N–H and O–H groups in total. The van der Waals surface area contributed by atoms with Crippen molar-refractivity contribution >= 4 is 16.6 Å². The van der Waals surface area contributed by atoms with Crippen molar-refractivity contribution in [1.82, 2.24) is 0 Å². The zero-order valence-electron chi connectivity index (χ0n) is 10.6. The van der Waals surface area contributed by atoms with Crippen LogP contribution in [0.5, 0.6) is 5.75 Å². The molecular weight excluding hydrogens is 248 g/mol. The van der Waals surface area contributed by atoms with Crippen LogP contribution in [-0.2, 0) is 15.6 Å². The lowest BCUT2D eigenvalue weighted by molar-refractivity contribution is -0.120. The van der Waals surface area contributed by atoms with Gasteiger partial charge in [-0.3, -0.25) is 9.00 Å². The number of Topliss-reactive ketones (excluding diaryl/α,β-unsaturated/α-hetero) is 1. The number of hydrogen-bond acceptors (Lipinski definition) is 3. The predicted octanol–water partition coefficient (Wildman–Crippen LogP) is 2.56. The van der Waals surface area contributed by atoms with Crippen molar-refractivity contribution in [3.05, 3.63) is 24.3 Å². The van der Waals surface area contributed by atoms with E-state index in [9.17, 15) is 9.00 Å². The number of ketones is 1. The van der Waals surface area contributed by atoms with Gasteiger partial charge in [-0.25, -0.2) is 0 Å².